The molecule has 0 saturated heterocycles. The van der Waals surface area contributed by atoms with Crippen LogP contribution in [0.15, 0.2) is 12.2 Å². The molecular formula is C18H36O3. The van der Waals surface area contributed by atoms with Crippen molar-refractivity contribution in [1.29, 1.82) is 0 Å². The summed E-state index contributed by atoms with van der Waals surface area (Å²) in [6.45, 7) is 4.88. The number of aliphatic hydroxyl groups excluding tert-OH is 2. The molecule has 0 aliphatic heterocycles. The summed E-state index contributed by atoms with van der Waals surface area (Å²) in [5, 5.41) is 19.3. The van der Waals surface area contributed by atoms with Crippen LogP contribution in [-0.4, -0.2) is 35.6 Å². The van der Waals surface area contributed by atoms with Gasteiger partial charge in [-0.3, -0.25) is 0 Å². The fourth-order valence-electron chi connectivity index (χ4n) is 2.27. The number of rotatable bonds is 15. The van der Waals surface area contributed by atoms with Crippen molar-refractivity contribution in [3.8, 4) is 0 Å². The average Bonchev–Trinajstić information content (AvgIpc) is 2.49. The van der Waals surface area contributed by atoms with Crippen LogP contribution in [0.25, 0.3) is 0 Å². The standard InChI is InChI=1S/C18H36O3/c1-3-5-6-7-8-9-10-11-12-13-14-15-17(19)18(20)16-21-4-2/h14-15,17-20H,3-13,16H2,1-2H3/b15-14+. The molecule has 21 heavy (non-hydrogen) atoms. The number of allylic oxidation sites excluding steroid dienone is 1. The molecule has 3 nitrogen and oxygen atoms in total. The zero-order chi connectivity index (χ0) is 15.8. The first-order chi connectivity index (χ1) is 10.2. The van der Waals surface area contributed by atoms with E-state index in [4.69, 9.17) is 4.74 Å². The highest BCUT2D eigenvalue weighted by Gasteiger charge is 2.12. The summed E-state index contributed by atoms with van der Waals surface area (Å²) >= 11 is 0. The number of aliphatic hydroxyl groups is 2. The molecule has 2 unspecified atom stereocenters. The van der Waals surface area contributed by atoms with E-state index in [1.165, 1.54) is 57.8 Å². The Labute approximate surface area is 131 Å². The summed E-state index contributed by atoms with van der Waals surface area (Å²) in [7, 11) is 0. The third-order valence-corrected chi connectivity index (χ3v) is 3.69. The first-order valence-corrected chi connectivity index (χ1v) is 8.82. The lowest BCUT2D eigenvalue weighted by Gasteiger charge is -2.13. The Bertz CT molecular complexity index is 229. The molecule has 126 valence electrons. The van der Waals surface area contributed by atoms with Gasteiger partial charge < -0.3 is 14.9 Å². The van der Waals surface area contributed by atoms with Crippen LogP contribution in [-0.2, 0) is 4.74 Å². The maximum Gasteiger partial charge on any atom is 0.107 e. The minimum absolute atomic E-state index is 0.194. The molecule has 3 heteroatoms. The van der Waals surface area contributed by atoms with Crippen molar-refractivity contribution in [1.82, 2.24) is 0 Å². The highest BCUT2D eigenvalue weighted by molar-refractivity contribution is 4.92. The third kappa shape index (κ3) is 14.3. The van der Waals surface area contributed by atoms with E-state index in [0.29, 0.717) is 6.61 Å². The predicted octanol–water partition coefficient (Wildman–Crippen LogP) is 4.22. The molecule has 0 saturated carbocycles. The maximum absolute atomic E-state index is 9.67. The van der Waals surface area contributed by atoms with Gasteiger partial charge in [-0.1, -0.05) is 70.4 Å². The molecule has 2 N–H and O–H groups in total. The number of ether oxygens (including phenoxy) is 1. The lowest BCUT2D eigenvalue weighted by molar-refractivity contribution is -0.0168. The Morgan fingerprint density at radius 2 is 1.43 bits per heavy atom. The minimum Gasteiger partial charge on any atom is -0.388 e. The van der Waals surface area contributed by atoms with E-state index in [9.17, 15) is 10.2 Å². The zero-order valence-electron chi connectivity index (χ0n) is 14.1. The largest absolute Gasteiger partial charge is 0.388 e. The topological polar surface area (TPSA) is 49.7 Å². The Morgan fingerprint density at radius 1 is 0.857 bits per heavy atom. The summed E-state index contributed by atoms with van der Waals surface area (Å²) in [4.78, 5) is 0. The molecule has 0 rings (SSSR count). The van der Waals surface area contributed by atoms with E-state index in [1.807, 2.05) is 13.0 Å². The molecule has 0 aliphatic carbocycles. The fourth-order valence-corrected chi connectivity index (χ4v) is 2.27. The molecule has 2 atom stereocenters. The summed E-state index contributed by atoms with van der Waals surface area (Å²) in [6.07, 6.45) is 15.0. The molecule has 0 aliphatic rings. The first kappa shape index (κ1) is 20.6. The van der Waals surface area contributed by atoms with Crippen LogP contribution in [0, 0.1) is 0 Å². The van der Waals surface area contributed by atoms with Crippen molar-refractivity contribution in [2.24, 2.45) is 0 Å². The second-order valence-corrected chi connectivity index (χ2v) is 5.76. The van der Waals surface area contributed by atoms with E-state index in [-0.39, 0.29) is 6.61 Å². The third-order valence-electron chi connectivity index (χ3n) is 3.69. The van der Waals surface area contributed by atoms with E-state index in [0.717, 1.165) is 6.42 Å². The van der Waals surface area contributed by atoms with Gasteiger partial charge in [-0.15, -0.1) is 0 Å². The monoisotopic (exact) mass is 300 g/mol. The van der Waals surface area contributed by atoms with Crippen LogP contribution >= 0.6 is 0 Å². The van der Waals surface area contributed by atoms with Crippen molar-refractivity contribution < 1.29 is 14.9 Å². The molecule has 0 aromatic rings. The van der Waals surface area contributed by atoms with Gasteiger partial charge in [0.15, 0.2) is 0 Å². The second-order valence-electron chi connectivity index (χ2n) is 5.76. The van der Waals surface area contributed by atoms with Gasteiger partial charge in [-0.25, -0.2) is 0 Å². The second kappa shape index (κ2) is 16.0. The predicted molar refractivity (Wildman–Crippen MR) is 89.5 cm³/mol. The first-order valence-electron chi connectivity index (χ1n) is 8.82. The highest BCUT2D eigenvalue weighted by atomic mass is 16.5. The lowest BCUT2D eigenvalue weighted by atomic mass is 10.1. The van der Waals surface area contributed by atoms with Gasteiger partial charge in [0.1, 0.15) is 12.2 Å². The number of hydrogen-bond acceptors (Lipinski definition) is 3. The van der Waals surface area contributed by atoms with E-state index in [2.05, 4.69) is 6.92 Å². The number of unbranched alkanes of at least 4 members (excludes halogenated alkanes) is 9. The van der Waals surface area contributed by atoms with E-state index in [1.54, 1.807) is 6.08 Å². The van der Waals surface area contributed by atoms with Crippen LogP contribution in [0.1, 0.15) is 78.1 Å². The Hall–Kier alpha value is -0.380. The molecule has 0 aromatic heterocycles. The Kier molecular flexibility index (Phi) is 15.7. The van der Waals surface area contributed by atoms with Crippen LogP contribution in [0.5, 0.6) is 0 Å². The molecule has 0 heterocycles. The van der Waals surface area contributed by atoms with Gasteiger partial charge in [0.2, 0.25) is 0 Å². The summed E-state index contributed by atoms with van der Waals surface area (Å²) in [5.74, 6) is 0. The summed E-state index contributed by atoms with van der Waals surface area (Å²) < 4.78 is 5.08. The van der Waals surface area contributed by atoms with E-state index < -0.39 is 12.2 Å². The molecule has 0 aromatic carbocycles. The van der Waals surface area contributed by atoms with Gasteiger partial charge in [0.05, 0.1) is 6.61 Å². The van der Waals surface area contributed by atoms with Crippen LogP contribution < -0.4 is 0 Å². The van der Waals surface area contributed by atoms with Gasteiger partial charge in [-0.2, -0.15) is 0 Å². The fraction of sp³-hybridized carbons (Fsp3) is 0.889. The Morgan fingerprint density at radius 3 is 2.00 bits per heavy atom. The molecular weight excluding hydrogens is 264 g/mol. The van der Waals surface area contributed by atoms with Gasteiger partial charge in [-0.05, 0) is 19.8 Å². The van der Waals surface area contributed by atoms with Gasteiger partial charge in [0.25, 0.3) is 0 Å². The molecule has 0 fully saturated rings. The normalized spacial score (nSPS) is 14.7. The van der Waals surface area contributed by atoms with Crippen molar-refractivity contribution >= 4 is 0 Å². The quantitative estimate of drug-likeness (QED) is 0.351. The Balaban J connectivity index is 3.35. The molecule has 0 amide bonds. The van der Waals surface area contributed by atoms with Gasteiger partial charge >= 0.3 is 0 Å². The van der Waals surface area contributed by atoms with Crippen LogP contribution in [0.2, 0.25) is 0 Å². The zero-order valence-corrected chi connectivity index (χ0v) is 14.1. The minimum atomic E-state index is -0.815. The van der Waals surface area contributed by atoms with Crippen LogP contribution in [0.4, 0.5) is 0 Å². The van der Waals surface area contributed by atoms with Crippen molar-refractivity contribution in [3.63, 3.8) is 0 Å². The maximum atomic E-state index is 9.67. The van der Waals surface area contributed by atoms with Gasteiger partial charge in [0, 0.05) is 6.61 Å². The molecule has 0 bridgehead atoms. The number of hydrogen-bond donors (Lipinski definition) is 2. The SMILES string of the molecule is CCCCCCCCCCC/C=C/C(O)C(O)COCC. The average molecular weight is 300 g/mol. The van der Waals surface area contributed by atoms with Crippen molar-refractivity contribution in [2.75, 3.05) is 13.2 Å². The van der Waals surface area contributed by atoms with E-state index >= 15 is 0 Å². The highest BCUT2D eigenvalue weighted by Crippen LogP contribution is 2.10. The molecule has 0 radical (unpaired) electrons. The van der Waals surface area contributed by atoms with Crippen molar-refractivity contribution in [2.45, 2.75) is 90.3 Å². The summed E-state index contributed by atoms with van der Waals surface area (Å²) in [5.41, 5.74) is 0. The van der Waals surface area contributed by atoms with Crippen LogP contribution in [0.3, 0.4) is 0 Å². The smallest absolute Gasteiger partial charge is 0.107 e. The molecule has 0 spiro atoms. The summed E-state index contributed by atoms with van der Waals surface area (Å²) in [6, 6.07) is 0. The lowest BCUT2D eigenvalue weighted by Crippen LogP contribution is -2.28. The van der Waals surface area contributed by atoms with Crippen molar-refractivity contribution in [3.05, 3.63) is 12.2 Å².